The Hall–Kier alpha value is -1.33. The van der Waals surface area contributed by atoms with Crippen molar-refractivity contribution in [2.45, 2.75) is 0 Å². The smallest absolute Gasteiger partial charge is 0.182 e. The van der Waals surface area contributed by atoms with Gasteiger partial charge in [-0.1, -0.05) is 11.6 Å². The van der Waals surface area contributed by atoms with E-state index in [0.717, 1.165) is 0 Å². The van der Waals surface area contributed by atoms with Gasteiger partial charge >= 0.3 is 0 Å². The van der Waals surface area contributed by atoms with Gasteiger partial charge in [-0.05, 0) is 13.1 Å². The maximum atomic E-state index is 13.8. The lowest BCUT2D eigenvalue weighted by Crippen LogP contribution is -2.21. The molecule has 6 heteroatoms. The first-order chi connectivity index (χ1) is 8.15. The third-order valence-electron chi connectivity index (χ3n) is 2.35. The summed E-state index contributed by atoms with van der Waals surface area (Å²) in [6.45, 7) is 0.706. The van der Waals surface area contributed by atoms with Crippen molar-refractivity contribution in [3.63, 3.8) is 0 Å². The average Bonchev–Trinajstić information content (AvgIpc) is 2.34. The first-order valence-electron chi connectivity index (χ1n) is 5.10. The van der Waals surface area contributed by atoms with Crippen LogP contribution in [-0.2, 0) is 0 Å². The number of halogens is 2. The summed E-state index contributed by atoms with van der Waals surface area (Å²) in [5.74, 6) is -0.682. The van der Waals surface area contributed by atoms with E-state index < -0.39 is 5.82 Å². The van der Waals surface area contributed by atoms with Gasteiger partial charge in [-0.3, -0.25) is 4.79 Å². The molecule has 0 fully saturated rings. The van der Waals surface area contributed by atoms with E-state index in [9.17, 15) is 9.18 Å². The Bertz CT molecular complexity index is 465. The molecule has 0 radical (unpaired) electrons. The van der Waals surface area contributed by atoms with Gasteiger partial charge in [0.15, 0.2) is 23.1 Å². The lowest BCUT2D eigenvalue weighted by Gasteiger charge is -2.20. The van der Waals surface area contributed by atoms with Gasteiger partial charge in [0, 0.05) is 0 Å². The molecule has 1 aromatic rings. The third-order valence-corrected chi connectivity index (χ3v) is 2.69. The number of likely N-dealkylation sites (N-methyl/N-ethyl adjacent to an activating group) is 1. The highest BCUT2D eigenvalue weighted by molar-refractivity contribution is 6.33. The maximum absolute atomic E-state index is 13.8. The van der Waals surface area contributed by atoms with E-state index in [1.807, 2.05) is 0 Å². The van der Waals surface area contributed by atoms with Gasteiger partial charge in [0.25, 0.3) is 0 Å². The molecule has 0 aromatic heterocycles. The molecule has 0 atom stereocenters. The molecule has 1 aliphatic heterocycles. The standard InChI is InChI=1S/C11H11ClFNO3/c1-14-5-7(15)6-4-8-11(9(12)10(6)13)17-3-2-16-8/h4,14H,2-3,5H2,1H3. The Morgan fingerprint density at radius 1 is 1.53 bits per heavy atom. The fourth-order valence-corrected chi connectivity index (χ4v) is 1.83. The summed E-state index contributed by atoms with van der Waals surface area (Å²) >= 11 is 5.81. The van der Waals surface area contributed by atoms with Gasteiger partial charge in [-0.15, -0.1) is 0 Å². The zero-order valence-corrected chi connectivity index (χ0v) is 9.94. The first kappa shape index (κ1) is 12.1. The highest BCUT2D eigenvalue weighted by Gasteiger charge is 2.24. The number of rotatable bonds is 3. The summed E-state index contributed by atoms with van der Waals surface area (Å²) in [6, 6.07) is 1.33. The van der Waals surface area contributed by atoms with Crippen LogP contribution in [0, 0.1) is 5.82 Å². The van der Waals surface area contributed by atoms with Crippen molar-refractivity contribution in [1.82, 2.24) is 5.32 Å². The summed E-state index contributed by atoms with van der Waals surface area (Å²) in [6.07, 6.45) is 0. The molecule has 0 amide bonds. The largest absolute Gasteiger partial charge is 0.486 e. The topological polar surface area (TPSA) is 47.6 Å². The van der Waals surface area contributed by atoms with Gasteiger partial charge in [0.05, 0.1) is 12.1 Å². The van der Waals surface area contributed by atoms with Crippen LogP contribution >= 0.6 is 11.6 Å². The predicted molar refractivity (Wildman–Crippen MR) is 60.7 cm³/mol. The zero-order chi connectivity index (χ0) is 12.4. The number of carbonyl (C=O) groups excluding carboxylic acids is 1. The Labute approximate surface area is 103 Å². The van der Waals surface area contributed by atoms with E-state index in [1.54, 1.807) is 7.05 Å². The third kappa shape index (κ3) is 2.21. The van der Waals surface area contributed by atoms with Crippen LogP contribution in [0.1, 0.15) is 10.4 Å². The highest BCUT2D eigenvalue weighted by atomic mass is 35.5. The molecule has 0 bridgehead atoms. The second kappa shape index (κ2) is 4.89. The van der Waals surface area contributed by atoms with Crippen LogP contribution in [0.15, 0.2) is 6.07 Å². The molecule has 1 heterocycles. The van der Waals surface area contributed by atoms with Crippen molar-refractivity contribution in [1.29, 1.82) is 0 Å². The lowest BCUT2D eigenvalue weighted by atomic mass is 10.1. The number of benzene rings is 1. The summed E-state index contributed by atoms with van der Waals surface area (Å²) in [5.41, 5.74) is -0.0893. The molecule has 0 unspecified atom stereocenters. The van der Waals surface area contributed by atoms with Crippen molar-refractivity contribution in [3.05, 3.63) is 22.5 Å². The molecule has 0 spiro atoms. The van der Waals surface area contributed by atoms with E-state index in [1.165, 1.54) is 6.07 Å². The molecule has 0 saturated heterocycles. The number of carbonyl (C=O) groups is 1. The number of fused-ring (bicyclic) bond motifs is 1. The van der Waals surface area contributed by atoms with Crippen LogP contribution in [0.25, 0.3) is 0 Å². The van der Waals surface area contributed by atoms with Crippen LogP contribution < -0.4 is 14.8 Å². The number of hydrogen-bond donors (Lipinski definition) is 1. The minimum atomic E-state index is -0.767. The average molecular weight is 260 g/mol. The summed E-state index contributed by atoms with van der Waals surface area (Å²) in [4.78, 5) is 11.6. The van der Waals surface area contributed by atoms with Crippen LogP contribution in [-0.4, -0.2) is 32.6 Å². The fraction of sp³-hybridized carbons (Fsp3) is 0.364. The van der Waals surface area contributed by atoms with Crippen molar-refractivity contribution in [2.75, 3.05) is 26.8 Å². The predicted octanol–water partition coefficient (Wildman–Crippen LogP) is 1.65. The number of Topliss-reactive ketones (excluding diaryl/α,β-unsaturated/α-hetero) is 1. The maximum Gasteiger partial charge on any atom is 0.182 e. The minimum Gasteiger partial charge on any atom is -0.486 e. The van der Waals surface area contributed by atoms with Crippen molar-refractivity contribution < 1.29 is 18.7 Å². The Kier molecular flexibility index (Phi) is 3.49. The minimum absolute atomic E-state index is 0.0346. The van der Waals surface area contributed by atoms with Gasteiger partial charge in [-0.25, -0.2) is 4.39 Å². The van der Waals surface area contributed by atoms with E-state index in [4.69, 9.17) is 21.1 Å². The van der Waals surface area contributed by atoms with E-state index in [-0.39, 0.29) is 28.7 Å². The number of hydrogen-bond acceptors (Lipinski definition) is 4. The molecule has 1 N–H and O–H groups in total. The fourth-order valence-electron chi connectivity index (χ4n) is 1.58. The molecule has 17 heavy (non-hydrogen) atoms. The molecular weight excluding hydrogens is 249 g/mol. The Morgan fingerprint density at radius 3 is 2.94 bits per heavy atom. The van der Waals surface area contributed by atoms with Gasteiger partial charge in [-0.2, -0.15) is 0 Å². The second-order valence-corrected chi connectivity index (χ2v) is 3.91. The van der Waals surface area contributed by atoms with Crippen LogP contribution in [0.2, 0.25) is 5.02 Å². The van der Waals surface area contributed by atoms with Crippen LogP contribution in [0.5, 0.6) is 11.5 Å². The summed E-state index contributed by atoms with van der Waals surface area (Å²) in [5, 5.41) is 2.45. The number of ether oxygens (including phenoxy) is 2. The molecule has 1 aromatic carbocycles. The van der Waals surface area contributed by atoms with Crippen molar-refractivity contribution in [3.8, 4) is 11.5 Å². The quantitative estimate of drug-likeness (QED) is 0.839. The molecule has 0 aliphatic carbocycles. The molecule has 92 valence electrons. The Balaban J connectivity index is 2.47. The number of ketones is 1. The molecular formula is C11H11ClFNO3. The monoisotopic (exact) mass is 259 g/mol. The molecule has 2 rings (SSSR count). The Morgan fingerprint density at radius 2 is 2.24 bits per heavy atom. The van der Waals surface area contributed by atoms with Gasteiger partial charge in [0.1, 0.15) is 18.2 Å². The van der Waals surface area contributed by atoms with Crippen molar-refractivity contribution >= 4 is 17.4 Å². The molecule has 1 aliphatic rings. The lowest BCUT2D eigenvalue weighted by molar-refractivity contribution is 0.0988. The second-order valence-electron chi connectivity index (χ2n) is 3.53. The summed E-state index contributed by atoms with van der Waals surface area (Å²) in [7, 11) is 1.61. The van der Waals surface area contributed by atoms with Crippen LogP contribution in [0.3, 0.4) is 0 Å². The molecule has 0 saturated carbocycles. The van der Waals surface area contributed by atoms with Crippen molar-refractivity contribution in [2.24, 2.45) is 0 Å². The van der Waals surface area contributed by atoms with E-state index in [0.29, 0.717) is 19.0 Å². The van der Waals surface area contributed by atoms with Gasteiger partial charge < -0.3 is 14.8 Å². The SMILES string of the molecule is CNCC(=O)c1cc2c(c(Cl)c1F)OCCO2. The van der Waals surface area contributed by atoms with Crippen LogP contribution in [0.4, 0.5) is 4.39 Å². The van der Waals surface area contributed by atoms with E-state index in [2.05, 4.69) is 5.32 Å². The highest BCUT2D eigenvalue weighted by Crippen LogP contribution is 2.40. The number of nitrogens with one attached hydrogen (secondary N) is 1. The molecule has 4 nitrogen and oxygen atoms in total. The normalized spacial score (nSPS) is 13.6. The first-order valence-corrected chi connectivity index (χ1v) is 5.48. The van der Waals surface area contributed by atoms with E-state index >= 15 is 0 Å². The summed E-state index contributed by atoms with van der Waals surface area (Å²) < 4.78 is 24.3. The zero-order valence-electron chi connectivity index (χ0n) is 9.18. The van der Waals surface area contributed by atoms with Gasteiger partial charge in [0.2, 0.25) is 0 Å².